The summed E-state index contributed by atoms with van der Waals surface area (Å²) in [6, 6.07) is 13.9. The van der Waals surface area contributed by atoms with Crippen LogP contribution >= 0.6 is 0 Å². The van der Waals surface area contributed by atoms with E-state index >= 15 is 0 Å². The first-order chi connectivity index (χ1) is 13.6. The predicted molar refractivity (Wildman–Crippen MR) is 111 cm³/mol. The second-order valence-electron chi connectivity index (χ2n) is 6.58. The minimum Gasteiger partial charge on any atom is -0.493 e. The number of hydrogen-bond donors (Lipinski definition) is 1. The summed E-state index contributed by atoms with van der Waals surface area (Å²) < 4.78 is 18.7. The zero-order chi connectivity index (χ0) is 19.7. The molecule has 0 aliphatic carbocycles. The molecule has 2 N–H and O–H groups in total. The van der Waals surface area contributed by atoms with E-state index in [1.807, 2.05) is 30.3 Å². The highest BCUT2D eigenvalue weighted by Crippen LogP contribution is 2.39. The van der Waals surface area contributed by atoms with Gasteiger partial charge in [0.25, 0.3) is 0 Å². The molecule has 0 spiro atoms. The van der Waals surface area contributed by atoms with Crippen LogP contribution in [0.3, 0.4) is 0 Å². The number of hydrogen-bond acceptors (Lipinski definition) is 5. The maximum atomic E-state index is 5.96. The van der Waals surface area contributed by atoms with Crippen molar-refractivity contribution >= 4 is 11.4 Å². The fourth-order valence-corrected chi connectivity index (χ4v) is 3.58. The summed E-state index contributed by atoms with van der Waals surface area (Å²) in [5.74, 6) is 1.79. The molecule has 4 rings (SSSR count). The fourth-order valence-electron chi connectivity index (χ4n) is 3.58. The molecule has 1 aromatic heterocycles. The quantitative estimate of drug-likeness (QED) is 0.690. The van der Waals surface area contributed by atoms with Gasteiger partial charge in [-0.2, -0.15) is 0 Å². The van der Waals surface area contributed by atoms with Crippen molar-refractivity contribution in [2.45, 2.75) is 6.54 Å². The van der Waals surface area contributed by atoms with Gasteiger partial charge in [0, 0.05) is 29.6 Å². The lowest BCUT2D eigenvalue weighted by molar-refractivity contribution is 0.324. The lowest BCUT2D eigenvalue weighted by Crippen LogP contribution is -2.18. The summed E-state index contributed by atoms with van der Waals surface area (Å²) in [6.45, 7) is 1.55. The molecule has 0 amide bonds. The van der Waals surface area contributed by atoms with Gasteiger partial charge in [-0.05, 0) is 35.9 Å². The lowest BCUT2D eigenvalue weighted by atomic mass is 10.0. The molecule has 1 aliphatic heterocycles. The van der Waals surface area contributed by atoms with Crippen LogP contribution in [0, 0.1) is 0 Å². The number of nitrogen functional groups attached to an aromatic ring is 1. The molecule has 0 unspecified atom stereocenters. The van der Waals surface area contributed by atoms with E-state index in [-0.39, 0.29) is 0 Å². The Kier molecular flexibility index (Phi) is 4.69. The van der Waals surface area contributed by atoms with E-state index in [0.717, 1.165) is 40.3 Å². The van der Waals surface area contributed by atoms with E-state index in [2.05, 4.69) is 22.9 Å². The van der Waals surface area contributed by atoms with Crippen LogP contribution in [-0.2, 0) is 6.54 Å². The number of fused-ring (bicyclic) bond motifs is 1. The monoisotopic (exact) mass is 377 g/mol. The number of ether oxygens (including phenoxy) is 3. The summed E-state index contributed by atoms with van der Waals surface area (Å²) in [5, 5.41) is 0. The van der Waals surface area contributed by atoms with Crippen molar-refractivity contribution in [1.29, 1.82) is 0 Å². The molecule has 0 radical (unpaired) electrons. The van der Waals surface area contributed by atoms with Crippen molar-refractivity contribution in [1.82, 2.24) is 4.57 Å². The summed E-state index contributed by atoms with van der Waals surface area (Å²) in [4.78, 5) is 4.79. The summed E-state index contributed by atoms with van der Waals surface area (Å²) >= 11 is 0. The third-order valence-electron chi connectivity index (χ3n) is 4.91. The second kappa shape index (κ2) is 7.31. The van der Waals surface area contributed by atoms with E-state index in [9.17, 15) is 0 Å². The fraction of sp³-hybridized carbons (Fsp3) is 0.227. The van der Waals surface area contributed by atoms with Crippen molar-refractivity contribution in [2.24, 2.45) is 4.99 Å². The SMILES string of the molecule is COc1cc(C2=NCCn3cc(-c4cccc(N)c4)cc32)cc(OC)c1OC. The Bertz CT molecular complexity index is 1030. The highest BCUT2D eigenvalue weighted by molar-refractivity contribution is 6.13. The number of aliphatic imine (C=N–C) groups is 1. The normalized spacial score (nSPS) is 12.9. The van der Waals surface area contributed by atoms with E-state index in [0.29, 0.717) is 23.8 Å². The van der Waals surface area contributed by atoms with Crippen LogP contribution in [0.1, 0.15) is 11.3 Å². The van der Waals surface area contributed by atoms with Crippen LogP contribution in [-0.4, -0.2) is 38.2 Å². The van der Waals surface area contributed by atoms with Gasteiger partial charge in [-0.25, -0.2) is 0 Å². The molecule has 6 nitrogen and oxygen atoms in total. The Morgan fingerprint density at radius 1 is 0.893 bits per heavy atom. The van der Waals surface area contributed by atoms with E-state index in [1.165, 1.54) is 0 Å². The van der Waals surface area contributed by atoms with Gasteiger partial charge in [0.2, 0.25) is 5.75 Å². The second-order valence-corrected chi connectivity index (χ2v) is 6.58. The van der Waals surface area contributed by atoms with Crippen molar-refractivity contribution < 1.29 is 14.2 Å². The van der Waals surface area contributed by atoms with Crippen molar-refractivity contribution in [2.75, 3.05) is 33.6 Å². The average molecular weight is 377 g/mol. The standard InChI is InChI=1S/C22H23N3O3/c1-26-19-11-15(12-20(27-2)22(19)28-3)21-18-10-16(13-25(18)8-7-24-21)14-5-4-6-17(23)9-14/h4-6,9-13H,7-8,23H2,1-3H3. The van der Waals surface area contributed by atoms with Crippen molar-refractivity contribution in [3.8, 4) is 28.4 Å². The number of nitrogens with two attached hydrogens (primary N) is 1. The molecule has 0 bridgehead atoms. The zero-order valence-corrected chi connectivity index (χ0v) is 16.2. The van der Waals surface area contributed by atoms with Gasteiger partial charge in [0.05, 0.1) is 39.3 Å². The molecule has 28 heavy (non-hydrogen) atoms. The molecule has 0 atom stereocenters. The number of rotatable bonds is 5. The first-order valence-corrected chi connectivity index (χ1v) is 9.06. The van der Waals surface area contributed by atoms with Gasteiger partial charge in [-0.15, -0.1) is 0 Å². The first-order valence-electron chi connectivity index (χ1n) is 9.06. The van der Waals surface area contributed by atoms with Crippen LogP contribution < -0.4 is 19.9 Å². The van der Waals surface area contributed by atoms with Gasteiger partial charge in [-0.1, -0.05) is 12.1 Å². The molecular formula is C22H23N3O3. The Hall–Kier alpha value is -3.41. The first kappa shape index (κ1) is 18.0. The van der Waals surface area contributed by atoms with Crippen LogP contribution in [0.25, 0.3) is 11.1 Å². The van der Waals surface area contributed by atoms with Gasteiger partial charge >= 0.3 is 0 Å². The lowest BCUT2D eigenvalue weighted by Gasteiger charge is -2.19. The molecule has 3 aromatic rings. The van der Waals surface area contributed by atoms with Crippen LogP contribution in [0.15, 0.2) is 53.7 Å². The van der Waals surface area contributed by atoms with Crippen LogP contribution in [0.5, 0.6) is 17.2 Å². The highest BCUT2D eigenvalue weighted by atomic mass is 16.5. The maximum absolute atomic E-state index is 5.96. The Morgan fingerprint density at radius 3 is 2.29 bits per heavy atom. The largest absolute Gasteiger partial charge is 0.493 e. The van der Waals surface area contributed by atoms with Gasteiger partial charge in [0.1, 0.15) is 0 Å². The topological polar surface area (TPSA) is 71.0 Å². The summed E-state index contributed by atoms with van der Waals surface area (Å²) in [5.41, 5.74) is 11.8. The smallest absolute Gasteiger partial charge is 0.203 e. The third kappa shape index (κ3) is 3.07. The Morgan fingerprint density at radius 2 is 1.64 bits per heavy atom. The van der Waals surface area contributed by atoms with Crippen molar-refractivity contribution in [3.63, 3.8) is 0 Å². The minimum absolute atomic E-state index is 0.570. The average Bonchev–Trinajstić information content (AvgIpc) is 3.17. The van der Waals surface area contributed by atoms with E-state index < -0.39 is 0 Å². The summed E-state index contributed by atoms with van der Waals surface area (Å²) in [6.07, 6.45) is 2.15. The zero-order valence-electron chi connectivity index (χ0n) is 16.2. The number of nitrogens with zero attached hydrogens (tertiary/aromatic N) is 2. The van der Waals surface area contributed by atoms with Gasteiger partial charge in [-0.3, -0.25) is 4.99 Å². The summed E-state index contributed by atoms with van der Waals surface area (Å²) in [7, 11) is 4.83. The molecular weight excluding hydrogens is 354 g/mol. The molecule has 0 fully saturated rings. The van der Waals surface area contributed by atoms with Crippen molar-refractivity contribution in [3.05, 3.63) is 59.9 Å². The Labute approximate surface area is 164 Å². The number of methoxy groups -OCH3 is 3. The van der Waals surface area contributed by atoms with E-state index in [1.54, 1.807) is 21.3 Å². The molecule has 2 aromatic carbocycles. The highest BCUT2D eigenvalue weighted by Gasteiger charge is 2.22. The Balaban J connectivity index is 1.81. The molecule has 2 heterocycles. The minimum atomic E-state index is 0.570. The molecule has 144 valence electrons. The number of anilines is 1. The molecule has 0 saturated carbocycles. The van der Waals surface area contributed by atoms with Gasteiger partial charge in [0.15, 0.2) is 11.5 Å². The molecule has 6 heteroatoms. The van der Waals surface area contributed by atoms with Crippen LogP contribution in [0.2, 0.25) is 0 Å². The van der Waals surface area contributed by atoms with E-state index in [4.69, 9.17) is 24.9 Å². The van der Waals surface area contributed by atoms with Gasteiger partial charge < -0.3 is 24.5 Å². The third-order valence-corrected chi connectivity index (χ3v) is 4.91. The molecule has 0 saturated heterocycles. The number of aromatic nitrogens is 1. The molecule has 1 aliphatic rings. The predicted octanol–water partition coefficient (Wildman–Crippen LogP) is 3.61. The maximum Gasteiger partial charge on any atom is 0.203 e. The van der Waals surface area contributed by atoms with Crippen LogP contribution in [0.4, 0.5) is 5.69 Å². The number of benzene rings is 2.